The maximum absolute atomic E-state index is 11.9. The molecule has 20 heavy (non-hydrogen) atoms. The Kier molecular flexibility index (Phi) is 4.90. The zero-order chi connectivity index (χ0) is 14.4. The lowest BCUT2D eigenvalue weighted by Crippen LogP contribution is -2.17. The van der Waals surface area contributed by atoms with Crippen molar-refractivity contribution in [3.8, 4) is 5.75 Å². The summed E-state index contributed by atoms with van der Waals surface area (Å²) in [4.78, 5) is 12.9. The molecule has 0 unspecified atom stereocenters. The van der Waals surface area contributed by atoms with Gasteiger partial charge in [-0.05, 0) is 55.1 Å². The van der Waals surface area contributed by atoms with Crippen LogP contribution in [0.4, 0.5) is 0 Å². The van der Waals surface area contributed by atoms with Crippen molar-refractivity contribution in [2.24, 2.45) is 5.10 Å². The highest BCUT2D eigenvalue weighted by Crippen LogP contribution is 2.13. The number of hydrazone groups is 1. The van der Waals surface area contributed by atoms with Gasteiger partial charge >= 0.3 is 0 Å². The molecule has 1 heterocycles. The second-order valence-electron chi connectivity index (χ2n) is 4.12. The number of nitrogens with zero attached hydrogens (tertiary/aromatic N) is 1. The van der Waals surface area contributed by atoms with E-state index in [2.05, 4.69) is 10.5 Å². The van der Waals surface area contributed by atoms with Crippen LogP contribution in [-0.4, -0.2) is 18.7 Å². The molecule has 0 atom stereocenters. The van der Waals surface area contributed by atoms with Crippen molar-refractivity contribution in [3.63, 3.8) is 0 Å². The van der Waals surface area contributed by atoms with Gasteiger partial charge in [0.1, 0.15) is 5.75 Å². The fourth-order valence-electron chi connectivity index (χ4n) is 1.60. The number of thiophene rings is 1. The quantitative estimate of drug-likeness (QED) is 0.678. The minimum Gasteiger partial charge on any atom is -0.494 e. The normalized spacial score (nSPS) is 10.7. The van der Waals surface area contributed by atoms with Crippen LogP contribution in [0.15, 0.2) is 40.8 Å². The van der Waals surface area contributed by atoms with Gasteiger partial charge in [-0.2, -0.15) is 5.10 Å². The molecule has 0 saturated heterocycles. The van der Waals surface area contributed by atoms with Crippen LogP contribution in [-0.2, 0) is 0 Å². The van der Waals surface area contributed by atoms with E-state index >= 15 is 0 Å². The highest BCUT2D eigenvalue weighted by molar-refractivity contribution is 7.11. The van der Waals surface area contributed by atoms with E-state index in [9.17, 15) is 4.79 Å². The van der Waals surface area contributed by atoms with E-state index in [1.807, 2.05) is 25.3 Å². The van der Waals surface area contributed by atoms with Crippen molar-refractivity contribution in [1.82, 2.24) is 5.43 Å². The number of benzene rings is 1. The zero-order valence-corrected chi connectivity index (χ0v) is 12.2. The first-order valence-corrected chi connectivity index (χ1v) is 7.19. The molecule has 0 radical (unpaired) electrons. The monoisotopic (exact) mass is 288 g/mol. The molecule has 0 saturated carbocycles. The molecular weight excluding hydrogens is 272 g/mol. The van der Waals surface area contributed by atoms with Gasteiger partial charge in [-0.1, -0.05) is 0 Å². The van der Waals surface area contributed by atoms with Crippen LogP contribution in [0.25, 0.3) is 0 Å². The second kappa shape index (κ2) is 6.86. The molecule has 1 aromatic carbocycles. The lowest BCUT2D eigenvalue weighted by atomic mass is 10.2. The van der Waals surface area contributed by atoms with E-state index in [-0.39, 0.29) is 5.91 Å². The number of amides is 1. The average molecular weight is 288 g/mol. The molecule has 2 aromatic rings. The molecule has 5 heteroatoms. The second-order valence-corrected chi connectivity index (χ2v) is 5.07. The molecule has 2 rings (SSSR count). The lowest BCUT2D eigenvalue weighted by Gasteiger charge is -2.03. The van der Waals surface area contributed by atoms with Gasteiger partial charge in [-0.15, -0.1) is 11.3 Å². The van der Waals surface area contributed by atoms with E-state index in [1.54, 1.807) is 41.8 Å². The van der Waals surface area contributed by atoms with Crippen LogP contribution >= 0.6 is 11.3 Å². The van der Waals surface area contributed by atoms with E-state index in [0.29, 0.717) is 12.2 Å². The SMILES string of the molecule is CCOc1ccc(C(=O)N/N=C\c2sccc2C)cc1. The van der Waals surface area contributed by atoms with Crippen LogP contribution in [0, 0.1) is 6.92 Å². The van der Waals surface area contributed by atoms with E-state index < -0.39 is 0 Å². The van der Waals surface area contributed by atoms with E-state index in [1.165, 1.54) is 0 Å². The van der Waals surface area contributed by atoms with Gasteiger partial charge in [-0.25, -0.2) is 5.43 Å². The fraction of sp³-hybridized carbons (Fsp3) is 0.200. The van der Waals surface area contributed by atoms with Gasteiger partial charge in [0.15, 0.2) is 0 Å². The first-order chi connectivity index (χ1) is 9.70. The Morgan fingerprint density at radius 1 is 1.35 bits per heavy atom. The number of ether oxygens (including phenoxy) is 1. The van der Waals surface area contributed by atoms with E-state index in [4.69, 9.17) is 4.74 Å². The van der Waals surface area contributed by atoms with Crippen molar-refractivity contribution >= 4 is 23.5 Å². The first-order valence-electron chi connectivity index (χ1n) is 6.31. The summed E-state index contributed by atoms with van der Waals surface area (Å²) in [7, 11) is 0. The summed E-state index contributed by atoms with van der Waals surface area (Å²) >= 11 is 1.59. The minimum absolute atomic E-state index is 0.237. The summed E-state index contributed by atoms with van der Waals surface area (Å²) < 4.78 is 5.32. The Morgan fingerprint density at radius 3 is 2.70 bits per heavy atom. The van der Waals surface area contributed by atoms with Gasteiger partial charge < -0.3 is 4.74 Å². The van der Waals surface area contributed by atoms with Crippen LogP contribution < -0.4 is 10.2 Å². The first kappa shape index (κ1) is 14.3. The third-order valence-corrected chi connectivity index (χ3v) is 3.63. The largest absolute Gasteiger partial charge is 0.494 e. The Morgan fingerprint density at radius 2 is 2.10 bits per heavy atom. The number of nitrogens with one attached hydrogen (secondary N) is 1. The molecule has 1 N–H and O–H groups in total. The third kappa shape index (κ3) is 3.68. The standard InChI is InChI=1S/C15H16N2O2S/c1-3-19-13-6-4-12(5-7-13)15(18)17-16-10-14-11(2)8-9-20-14/h4-10H,3H2,1-2H3,(H,17,18)/b16-10-. The topological polar surface area (TPSA) is 50.7 Å². The van der Waals surface area contributed by atoms with Crippen LogP contribution in [0.2, 0.25) is 0 Å². The number of rotatable bonds is 5. The number of hydrogen-bond donors (Lipinski definition) is 1. The summed E-state index contributed by atoms with van der Waals surface area (Å²) in [6.45, 7) is 4.53. The summed E-state index contributed by atoms with van der Waals surface area (Å²) in [5.74, 6) is 0.514. The number of hydrogen-bond acceptors (Lipinski definition) is 4. The van der Waals surface area contributed by atoms with Gasteiger partial charge in [0.05, 0.1) is 12.8 Å². The highest BCUT2D eigenvalue weighted by Gasteiger charge is 2.04. The summed E-state index contributed by atoms with van der Waals surface area (Å²) in [5, 5.41) is 5.96. The minimum atomic E-state index is -0.237. The van der Waals surface area contributed by atoms with Crippen molar-refractivity contribution in [2.45, 2.75) is 13.8 Å². The maximum Gasteiger partial charge on any atom is 0.271 e. The van der Waals surface area contributed by atoms with Gasteiger partial charge in [0.2, 0.25) is 0 Å². The Labute approximate surface area is 122 Å². The molecule has 0 aliphatic heterocycles. The maximum atomic E-state index is 11.9. The predicted octanol–water partition coefficient (Wildman–Crippen LogP) is 3.22. The number of carbonyl (C=O) groups excluding carboxylic acids is 1. The fourth-order valence-corrected chi connectivity index (χ4v) is 2.39. The molecule has 0 bridgehead atoms. The summed E-state index contributed by atoms with van der Waals surface area (Å²) in [6.07, 6.45) is 1.66. The number of carbonyl (C=O) groups is 1. The van der Waals surface area contributed by atoms with Gasteiger partial charge in [0, 0.05) is 10.4 Å². The van der Waals surface area contributed by atoms with Crippen LogP contribution in [0.3, 0.4) is 0 Å². The van der Waals surface area contributed by atoms with Crippen LogP contribution in [0.5, 0.6) is 5.75 Å². The van der Waals surface area contributed by atoms with Gasteiger partial charge in [0.25, 0.3) is 5.91 Å². The molecule has 0 spiro atoms. The zero-order valence-electron chi connectivity index (χ0n) is 11.4. The Hall–Kier alpha value is -2.14. The molecule has 1 amide bonds. The molecule has 0 aliphatic rings. The Balaban J connectivity index is 1.94. The van der Waals surface area contributed by atoms with Crippen molar-refractivity contribution < 1.29 is 9.53 Å². The molecular formula is C15H16N2O2S. The Bertz CT molecular complexity index is 603. The van der Waals surface area contributed by atoms with Crippen molar-refractivity contribution in [3.05, 3.63) is 51.7 Å². The smallest absolute Gasteiger partial charge is 0.271 e. The summed E-state index contributed by atoms with van der Waals surface area (Å²) in [6, 6.07) is 8.98. The summed E-state index contributed by atoms with van der Waals surface area (Å²) in [5.41, 5.74) is 4.21. The molecule has 1 aromatic heterocycles. The highest BCUT2D eigenvalue weighted by atomic mass is 32.1. The average Bonchev–Trinajstić information content (AvgIpc) is 2.85. The van der Waals surface area contributed by atoms with Crippen molar-refractivity contribution in [1.29, 1.82) is 0 Å². The molecule has 4 nitrogen and oxygen atoms in total. The van der Waals surface area contributed by atoms with E-state index in [0.717, 1.165) is 16.2 Å². The molecule has 0 aliphatic carbocycles. The lowest BCUT2D eigenvalue weighted by molar-refractivity contribution is 0.0955. The van der Waals surface area contributed by atoms with Crippen LogP contribution in [0.1, 0.15) is 27.7 Å². The predicted molar refractivity (Wildman–Crippen MR) is 81.7 cm³/mol. The third-order valence-electron chi connectivity index (χ3n) is 2.68. The van der Waals surface area contributed by atoms with Gasteiger partial charge in [-0.3, -0.25) is 4.79 Å². The van der Waals surface area contributed by atoms with Crippen molar-refractivity contribution in [2.75, 3.05) is 6.61 Å². The molecule has 0 fully saturated rings. The number of aryl methyl sites for hydroxylation is 1. The molecule has 104 valence electrons.